The zero-order chi connectivity index (χ0) is 22.8. The van der Waals surface area contributed by atoms with E-state index < -0.39 is 11.8 Å². The van der Waals surface area contributed by atoms with Crippen molar-refractivity contribution in [1.29, 1.82) is 0 Å². The number of nitrogens with zero attached hydrogens (tertiary/aromatic N) is 1. The SMILES string of the molecule is CCc1ccc(NC2=C(c3ccc(OC)cc3)C(=O)N(c3ccc(C)c(Cl)c3)C2=O)cc1. The van der Waals surface area contributed by atoms with E-state index in [2.05, 4.69) is 12.2 Å². The molecule has 0 radical (unpaired) electrons. The number of carbonyl (C=O) groups is 2. The lowest BCUT2D eigenvalue weighted by atomic mass is 10.0. The van der Waals surface area contributed by atoms with Crippen molar-refractivity contribution < 1.29 is 14.3 Å². The average Bonchev–Trinajstić information content (AvgIpc) is 3.05. The van der Waals surface area contributed by atoms with E-state index >= 15 is 0 Å². The van der Waals surface area contributed by atoms with Gasteiger partial charge in [0.25, 0.3) is 11.8 Å². The molecule has 2 amide bonds. The van der Waals surface area contributed by atoms with Gasteiger partial charge in [-0.05, 0) is 66.4 Å². The summed E-state index contributed by atoms with van der Waals surface area (Å²) >= 11 is 6.28. The minimum absolute atomic E-state index is 0.223. The second kappa shape index (κ2) is 8.89. The number of methoxy groups -OCH3 is 1. The topological polar surface area (TPSA) is 58.6 Å². The van der Waals surface area contributed by atoms with Gasteiger partial charge in [0.1, 0.15) is 11.4 Å². The summed E-state index contributed by atoms with van der Waals surface area (Å²) in [6, 6.07) is 20.0. The second-order valence-electron chi connectivity index (χ2n) is 7.53. The van der Waals surface area contributed by atoms with Crippen LogP contribution in [0.15, 0.2) is 72.4 Å². The van der Waals surface area contributed by atoms with Gasteiger partial charge in [-0.25, -0.2) is 4.90 Å². The van der Waals surface area contributed by atoms with Crippen molar-refractivity contribution in [2.75, 3.05) is 17.3 Å². The molecule has 0 aliphatic carbocycles. The second-order valence-corrected chi connectivity index (χ2v) is 7.94. The Morgan fingerprint density at radius 1 is 0.938 bits per heavy atom. The highest BCUT2D eigenvalue weighted by molar-refractivity contribution is 6.46. The zero-order valence-corrected chi connectivity index (χ0v) is 18.9. The van der Waals surface area contributed by atoms with Gasteiger partial charge in [0.15, 0.2) is 0 Å². The molecule has 32 heavy (non-hydrogen) atoms. The Labute approximate surface area is 192 Å². The first-order valence-electron chi connectivity index (χ1n) is 10.3. The first-order chi connectivity index (χ1) is 15.4. The number of anilines is 2. The molecule has 0 atom stereocenters. The first kappa shape index (κ1) is 21.7. The van der Waals surface area contributed by atoms with Crippen LogP contribution < -0.4 is 15.0 Å². The summed E-state index contributed by atoms with van der Waals surface area (Å²) < 4.78 is 5.23. The van der Waals surface area contributed by atoms with Crippen LogP contribution in [0.2, 0.25) is 5.02 Å². The summed E-state index contributed by atoms with van der Waals surface area (Å²) in [5.74, 6) is -0.175. The van der Waals surface area contributed by atoms with Gasteiger partial charge >= 0.3 is 0 Å². The number of benzene rings is 3. The van der Waals surface area contributed by atoms with Gasteiger partial charge in [0.2, 0.25) is 0 Å². The van der Waals surface area contributed by atoms with E-state index in [9.17, 15) is 9.59 Å². The molecule has 4 rings (SSSR count). The molecule has 1 aliphatic rings. The number of carbonyl (C=O) groups excluding carboxylic acids is 2. The largest absolute Gasteiger partial charge is 0.497 e. The highest BCUT2D eigenvalue weighted by Crippen LogP contribution is 2.35. The molecule has 0 aromatic heterocycles. The number of rotatable bonds is 6. The predicted octanol–water partition coefficient (Wildman–Crippen LogP) is 5.62. The van der Waals surface area contributed by atoms with Gasteiger partial charge in [-0.3, -0.25) is 9.59 Å². The third-order valence-electron chi connectivity index (χ3n) is 5.51. The number of halogens is 1. The van der Waals surface area contributed by atoms with Crippen molar-refractivity contribution in [3.05, 3.63) is 94.1 Å². The minimum atomic E-state index is -0.430. The lowest BCUT2D eigenvalue weighted by molar-refractivity contribution is -0.120. The maximum atomic E-state index is 13.5. The van der Waals surface area contributed by atoms with E-state index in [1.54, 1.807) is 49.6 Å². The molecule has 162 valence electrons. The van der Waals surface area contributed by atoms with E-state index in [1.807, 2.05) is 31.2 Å². The molecule has 5 nitrogen and oxygen atoms in total. The van der Waals surface area contributed by atoms with Crippen LogP contribution in [-0.2, 0) is 16.0 Å². The van der Waals surface area contributed by atoms with Gasteiger partial charge < -0.3 is 10.1 Å². The molecule has 0 fully saturated rings. The summed E-state index contributed by atoms with van der Waals surface area (Å²) in [7, 11) is 1.58. The highest BCUT2D eigenvalue weighted by atomic mass is 35.5. The van der Waals surface area contributed by atoms with Gasteiger partial charge in [0.05, 0.1) is 18.4 Å². The Balaban J connectivity index is 1.79. The fourth-order valence-corrected chi connectivity index (χ4v) is 3.77. The number of aryl methyl sites for hydroxylation is 2. The lowest BCUT2D eigenvalue weighted by Crippen LogP contribution is -2.32. The van der Waals surface area contributed by atoms with E-state index in [0.717, 1.165) is 22.6 Å². The molecule has 1 N–H and O–H groups in total. The molecular weight excluding hydrogens is 424 g/mol. The highest BCUT2D eigenvalue weighted by Gasteiger charge is 2.40. The fourth-order valence-electron chi connectivity index (χ4n) is 3.59. The molecule has 3 aromatic rings. The summed E-state index contributed by atoms with van der Waals surface area (Å²) in [5, 5.41) is 3.67. The van der Waals surface area contributed by atoms with Gasteiger partial charge in [-0.1, -0.05) is 48.9 Å². The van der Waals surface area contributed by atoms with E-state index in [0.29, 0.717) is 27.6 Å². The Hall–Kier alpha value is -3.57. The quantitative estimate of drug-likeness (QED) is 0.499. The molecule has 0 spiro atoms. The number of hydrogen-bond donors (Lipinski definition) is 1. The summed E-state index contributed by atoms with van der Waals surface area (Å²) in [6.45, 7) is 3.95. The summed E-state index contributed by atoms with van der Waals surface area (Å²) in [6.07, 6.45) is 0.916. The Morgan fingerprint density at radius 3 is 2.22 bits per heavy atom. The summed E-state index contributed by atoms with van der Waals surface area (Å²) in [4.78, 5) is 28.1. The van der Waals surface area contributed by atoms with Crippen molar-refractivity contribution in [3.8, 4) is 5.75 Å². The number of nitrogens with one attached hydrogen (secondary N) is 1. The van der Waals surface area contributed by atoms with Crippen LogP contribution in [-0.4, -0.2) is 18.9 Å². The number of hydrogen-bond acceptors (Lipinski definition) is 4. The molecule has 1 aliphatic heterocycles. The third-order valence-corrected chi connectivity index (χ3v) is 5.91. The van der Waals surface area contributed by atoms with Crippen LogP contribution in [0, 0.1) is 6.92 Å². The van der Waals surface area contributed by atoms with E-state index in [-0.39, 0.29) is 5.70 Å². The van der Waals surface area contributed by atoms with Crippen molar-refractivity contribution >= 4 is 40.4 Å². The minimum Gasteiger partial charge on any atom is -0.497 e. The standard InChI is InChI=1S/C26H23ClN2O3/c1-4-17-6-10-19(11-7-17)28-24-23(18-8-13-21(32-3)14-9-18)25(30)29(26(24)31)20-12-5-16(2)22(27)15-20/h5-15,28H,4H2,1-3H3. The maximum Gasteiger partial charge on any atom is 0.282 e. The average molecular weight is 447 g/mol. The van der Waals surface area contributed by atoms with E-state index in [1.165, 1.54) is 5.56 Å². The van der Waals surface area contributed by atoms with Crippen LogP contribution in [0.5, 0.6) is 5.75 Å². The Morgan fingerprint density at radius 2 is 1.62 bits per heavy atom. The normalized spacial score (nSPS) is 13.7. The molecular formula is C26H23ClN2O3. The monoisotopic (exact) mass is 446 g/mol. The number of amides is 2. The molecule has 0 saturated carbocycles. The van der Waals surface area contributed by atoms with E-state index in [4.69, 9.17) is 16.3 Å². The number of imide groups is 1. The van der Waals surface area contributed by atoms with Crippen LogP contribution >= 0.6 is 11.6 Å². The van der Waals surface area contributed by atoms with Gasteiger partial charge in [-0.15, -0.1) is 0 Å². The van der Waals surface area contributed by atoms with Crippen molar-refractivity contribution in [1.82, 2.24) is 0 Å². The molecule has 3 aromatic carbocycles. The Kier molecular flexibility index (Phi) is 6.01. The Bertz CT molecular complexity index is 1210. The smallest absolute Gasteiger partial charge is 0.282 e. The molecule has 0 saturated heterocycles. The zero-order valence-electron chi connectivity index (χ0n) is 18.1. The van der Waals surface area contributed by atoms with Gasteiger partial charge in [0, 0.05) is 10.7 Å². The first-order valence-corrected chi connectivity index (χ1v) is 10.7. The number of ether oxygens (including phenoxy) is 1. The fraction of sp³-hybridized carbons (Fsp3) is 0.154. The third kappa shape index (κ3) is 3.99. The van der Waals surface area contributed by atoms with Crippen LogP contribution in [0.1, 0.15) is 23.6 Å². The summed E-state index contributed by atoms with van der Waals surface area (Å²) in [5.41, 5.74) is 4.36. The predicted molar refractivity (Wildman–Crippen MR) is 128 cm³/mol. The molecule has 6 heteroatoms. The van der Waals surface area contributed by atoms with Crippen LogP contribution in [0.25, 0.3) is 5.57 Å². The van der Waals surface area contributed by atoms with Crippen LogP contribution in [0.4, 0.5) is 11.4 Å². The maximum absolute atomic E-state index is 13.5. The van der Waals surface area contributed by atoms with Crippen molar-refractivity contribution in [2.24, 2.45) is 0 Å². The lowest BCUT2D eigenvalue weighted by Gasteiger charge is -2.16. The molecule has 0 bridgehead atoms. The van der Waals surface area contributed by atoms with Crippen LogP contribution in [0.3, 0.4) is 0 Å². The van der Waals surface area contributed by atoms with Crippen molar-refractivity contribution in [2.45, 2.75) is 20.3 Å². The van der Waals surface area contributed by atoms with Crippen molar-refractivity contribution in [3.63, 3.8) is 0 Å². The molecule has 1 heterocycles. The molecule has 0 unspecified atom stereocenters. The van der Waals surface area contributed by atoms with Gasteiger partial charge in [-0.2, -0.15) is 0 Å².